The van der Waals surface area contributed by atoms with E-state index in [0.29, 0.717) is 36.7 Å². The number of non-ortho nitro benzene ring substituents is 1. The topological polar surface area (TPSA) is 111 Å². The Bertz CT molecular complexity index is 686. The third kappa shape index (κ3) is 4.99. The van der Waals surface area contributed by atoms with Gasteiger partial charge in [0, 0.05) is 18.1 Å². The van der Waals surface area contributed by atoms with Crippen molar-refractivity contribution in [1.29, 1.82) is 5.41 Å². The van der Waals surface area contributed by atoms with E-state index in [1.807, 2.05) is 0 Å². The molecule has 0 unspecified atom stereocenters. The fraction of sp³-hybridized carbons (Fsp3) is 0.188. The van der Waals surface area contributed by atoms with Crippen molar-refractivity contribution in [3.63, 3.8) is 0 Å². The van der Waals surface area contributed by atoms with Crippen molar-refractivity contribution in [1.82, 2.24) is 0 Å². The number of rotatable bonds is 8. The molecule has 0 atom stereocenters. The predicted molar refractivity (Wildman–Crippen MR) is 86.2 cm³/mol. The Morgan fingerprint density at radius 3 is 2.35 bits per heavy atom. The quantitative estimate of drug-likeness (QED) is 0.256. The molecule has 7 nitrogen and oxygen atoms in total. The molecular formula is C16H17N3O4. The third-order valence-corrected chi connectivity index (χ3v) is 3.02. The van der Waals surface area contributed by atoms with E-state index in [2.05, 4.69) is 0 Å². The van der Waals surface area contributed by atoms with Crippen LogP contribution in [0.4, 0.5) is 5.69 Å². The fourth-order valence-corrected chi connectivity index (χ4v) is 1.86. The Labute approximate surface area is 133 Å². The zero-order chi connectivity index (χ0) is 16.7. The highest BCUT2D eigenvalue weighted by Gasteiger charge is 2.06. The van der Waals surface area contributed by atoms with Crippen LogP contribution in [-0.2, 0) is 0 Å². The van der Waals surface area contributed by atoms with Crippen LogP contribution in [0.15, 0.2) is 48.5 Å². The number of nitrogens with two attached hydrogens (primary N) is 1. The highest BCUT2D eigenvalue weighted by molar-refractivity contribution is 5.94. The molecule has 0 saturated carbocycles. The molecule has 7 heteroatoms. The molecule has 3 N–H and O–H groups in total. The van der Waals surface area contributed by atoms with Crippen LogP contribution in [0, 0.1) is 15.5 Å². The van der Waals surface area contributed by atoms with E-state index in [-0.39, 0.29) is 11.5 Å². The van der Waals surface area contributed by atoms with Crippen molar-refractivity contribution < 1.29 is 14.4 Å². The summed E-state index contributed by atoms with van der Waals surface area (Å²) in [4.78, 5) is 10.2. The molecule has 0 aromatic heterocycles. The Kier molecular flexibility index (Phi) is 5.51. The molecule has 0 heterocycles. The van der Waals surface area contributed by atoms with Gasteiger partial charge in [-0.25, -0.2) is 0 Å². The Morgan fingerprint density at radius 1 is 1.09 bits per heavy atom. The second-order valence-corrected chi connectivity index (χ2v) is 4.74. The summed E-state index contributed by atoms with van der Waals surface area (Å²) in [6, 6.07) is 13.0. The van der Waals surface area contributed by atoms with E-state index in [4.69, 9.17) is 20.6 Å². The first-order valence-electron chi connectivity index (χ1n) is 7.01. The van der Waals surface area contributed by atoms with Crippen LogP contribution in [-0.4, -0.2) is 24.0 Å². The SMILES string of the molecule is N=C(N)c1ccc(OCCCOc2cccc([N+](=O)[O-])c2)cc1. The fourth-order valence-electron chi connectivity index (χ4n) is 1.86. The van der Waals surface area contributed by atoms with E-state index in [1.165, 1.54) is 12.1 Å². The number of nitro benzene ring substituents is 1. The van der Waals surface area contributed by atoms with Crippen molar-refractivity contribution in [3.05, 3.63) is 64.2 Å². The van der Waals surface area contributed by atoms with Gasteiger partial charge in [0.1, 0.15) is 17.3 Å². The first-order chi connectivity index (χ1) is 11.1. The van der Waals surface area contributed by atoms with Crippen LogP contribution >= 0.6 is 0 Å². The molecule has 0 radical (unpaired) electrons. The summed E-state index contributed by atoms with van der Waals surface area (Å²) in [5.41, 5.74) is 6.02. The molecular weight excluding hydrogens is 298 g/mol. The molecule has 0 saturated heterocycles. The highest BCUT2D eigenvalue weighted by Crippen LogP contribution is 2.19. The van der Waals surface area contributed by atoms with Crippen LogP contribution in [0.25, 0.3) is 0 Å². The third-order valence-electron chi connectivity index (χ3n) is 3.02. The molecule has 0 aliphatic heterocycles. The summed E-state index contributed by atoms with van der Waals surface area (Å²) in [7, 11) is 0. The van der Waals surface area contributed by atoms with Crippen LogP contribution in [0.5, 0.6) is 11.5 Å². The van der Waals surface area contributed by atoms with Gasteiger partial charge >= 0.3 is 0 Å². The Hall–Kier alpha value is -3.09. The maximum absolute atomic E-state index is 10.7. The summed E-state index contributed by atoms with van der Waals surface area (Å²) in [6.07, 6.45) is 0.636. The lowest BCUT2D eigenvalue weighted by atomic mass is 10.2. The zero-order valence-electron chi connectivity index (χ0n) is 12.4. The van der Waals surface area contributed by atoms with E-state index < -0.39 is 4.92 Å². The number of hydrogen-bond donors (Lipinski definition) is 2. The second kappa shape index (κ2) is 7.79. The van der Waals surface area contributed by atoms with Crippen LogP contribution < -0.4 is 15.2 Å². The largest absolute Gasteiger partial charge is 0.493 e. The zero-order valence-corrected chi connectivity index (χ0v) is 12.4. The van der Waals surface area contributed by atoms with Gasteiger partial charge in [-0.3, -0.25) is 15.5 Å². The molecule has 0 spiro atoms. The van der Waals surface area contributed by atoms with Crippen molar-refractivity contribution in [2.45, 2.75) is 6.42 Å². The van der Waals surface area contributed by atoms with Crippen LogP contribution in [0.2, 0.25) is 0 Å². The van der Waals surface area contributed by atoms with Gasteiger partial charge in [0.05, 0.1) is 24.2 Å². The first kappa shape index (κ1) is 16.3. The number of nitrogen functional groups attached to an aromatic ring is 1. The normalized spacial score (nSPS) is 10.1. The molecule has 0 fully saturated rings. The van der Waals surface area contributed by atoms with Crippen LogP contribution in [0.1, 0.15) is 12.0 Å². The van der Waals surface area contributed by atoms with Gasteiger partial charge in [-0.2, -0.15) is 0 Å². The Morgan fingerprint density at radius 2 is 1.74 bits per heavy atom. The number of benzene rings is 2. The number of hydrogen-bond acceptors (Lipinski definition) is 5. The molecule has 2 aromatic rings. The van der Waals surface area contributed by atoms with Gasteiger partial charge in [-0.1, -0.05) is 6.07 Å². The summed E-state index contributed by atoms with van der Waals surface area (Å²) in [6.45, 7) is 0.848. The number of amidine groups is 1. The highest BCUT2D eigenvalue weighted by atomic mass is 16.6. The summed E-state index contributed by atoms with van der Waals surface area (Å²) >= 11 is 0. The average molecular weight is 315 g/mol. The number of nitrogens with zero attached hydrogens (tertiary/aromatic N) is 1. The monoisotopic (exact) mass is 315 g/mol. The lowest BCUT2D eigenvalue weighted by molar-refractivity contribution is -0.384. The molecule has 2 rings (SSSR count). The summed E-state index contributed by atoms with van der Waals surface area (Å²) < 4.78 is 11.0. The minimum absolute atomic E-state index is 0.00399. The van der Waals surface area contributed by atoms with Gasteiger partial charge < -0.3 is 15.2 Å². The van der Waals surface area contributed by atoms with Gasteiger partial charge in [0.15, 0.2) is 0 Å². The van der Waals surface area contributed by atoms with E-state index in [1.54, 1.807) is 36.4 Å². The second-order valence-electron chi connectivity index (χ2n) is 4.74. The maximum atomic E-state index is 10.7. The number of nitrogens with one attached hydrogen (secondary N) is 1. The van der Waals surface area contributed by atoms with Crippen molar-refractivity contribution in [2.24, 2.45) is 5.73 Å². The standard InChI is InChI=1S/C16H17N3O4/c17-16(18)12-5-7-14(8-6-12)22-9-2-10-23-15-4-1-3-13(11-15)19(20)21/h1,3-8,11H,2,9-10H2,(H3,17,18). The molecule has 23 heavy (non-hydrogen) atoms. The molecule has 0 amide bonds. The summed E-state index contributed by atoms with van der Waals surface area (Å²) in [5, 5.41) is 18.0. The van der Waals surface area contributed by atoms with Crippen molar-refractivity contribution in [3.8, 4) is 11.5 Å². The van der Waals surface area contributed by atoms with Crippen molar-refractivity contribution >= 4 is 11.5 Å². The van der Waals surface area contributed by atoms with Gasteiger partial charge in [-0.05, 0) is 30.3 Å². The molecule has 0 bridgehead atoms. The molecule has 2 aromatic carbocycles. The number of nitro groups is 1. The lowest BCUT2D eigenvalue weighted by Gasteiger charge is -2.08. The van der Waals surface area contributed by atoms with E-state index in [9.17, 15) is 10.1 Å². The first-order valence-corrected chi connectivity index (χ1v) is 7.01. The molecule has 0 aliphatic rings. The van der Waals surface area contributed by atoms with Gasteiger partial charge in [-0.15, -0.1) is 0 Å². The minimum atomic E-state index is -0.458. The Balaban J connectivity index is 1.72. The maximum Gasteiger partial charge on any atom is 0.273 e. The van der Waals surface area contributed by atoms with E-state index in [0.717, 1.165) is 0 Å². The van der Waals surface area contributed by atoms with Crippen LogP contribution in [0.3, 0.4) is 0 Å². The number of ether oxygens (including phenoxy) is 2. The minimum Gasteiger partial charge on any atom is -0.493 e. The average Bonchev–Trinajstić information content (AvgIpc) is 2.55. The lowest BCUT2D eigenvalue weighted by Crippen LogP contribution is -2.10. The van der Waals surface area contributed by atoms with E-state index >= 15 is 0 Å². The van der Waals surface area contributed by atoms with Gasteiger partial charge in [0.2, 0.25) is 0 Å². The predicted octanol–water partition coefficient (Wildman–Crippen LogP) is 2.73. The molecule has 0 aliphatic carbocycles. The van der Waals surface area contributed by atoms with Gasteiger partial charge in [0.25, 0.3) is 5.69 Å². The summed E-state index contributed by atoms with van der Waals surface area (Å²) in [5.74, 6) is 1.16. The molecule has 120 valence electrons. The smallest absolute Gasteiger partial charge is 0.273 e. The van der Waals surface area contributed by atoms with Crippen molar-refractivity contribution in [2.75, 3.05) is 13.2 Å².